The maximum absolute atomic E-state index is 12.1. The van der Waals surface area contributed by atoms with Crippen molar-refractivity contribution in [3.8, 4) is 5.75 Å². The Kier molecular flexibility index (Phi) is 5.73. The van der Waals surface area contributed by atoms with Gasteiger partial charge in [-0.05, 0) is 42.8 Å². The zero-order valence-electron chi connectivity index (χ0n) is 13.3. The first-order chi connectivity index (χ1) is 12.3. The van der Waals surface area contributed by atoms with Gasteiger partial charge in [0, 0.05) is 6.07 Å². The van der Waals surface area contributed by atoms with Crippen molar-refractivity contribution in [1.82, 2.24) is 0 Å². The fourth-order valence-corrected chi connectivity index (χ4v) is 1.97. The molecule has 0 aliphatic carbocycles. The Bertz CT molecular complexity index is 856. The summed E-state index contributed by atoms with van der Waals surface area (Å²) >= 11 is 0. The molecule has 1 N–H and O–H groups in total. The Morgan fingerprint density at radius 1 is 1.12 bits per heavy atom. The van der Waals surface area contributed by atoms with E-state index in [0.29, 0.717) is 11.3 Å². The van der Waals surface area contributed by atoms with Crippen molar-refractivity contribution in [3.05, 3.63) is 68.3 Å². The maximum Gasteiger partial charge on any atom is 0.387 e. The number of ether oxygens (including phenoxy) is 1. The van der Waals surface area contributed by atoms with Gasteiger partial charge in [0.05, 0.1) is 21.6 Å². The number of nitrogens with zero attached hydrogens (tertiary/aromatic N) is 3. The van der Waals surface area contributed by atoms with Crippen LogP contribution in [0.1, 0.15) is 12.5 Å². The van der Waals surface area contributed by atoms with Crippen LogP contribution in [0.5, 0.6) is 5.75 Å². The zero-order valence-corrected chi connectivity index (χ0v) is 13.3. The van der Waals surface area contributed by atoms with Crippen LogP contribution in [-0.2, 0) is 0 Å². The summed E-state index contributed by atoms with van der Waals surface area (Å²) in [5, 5.41) is 25.7. The van der Waals surface area contributed by atoms with E-state index in [1.165, 1.54) is 30.3 Å². The van der Waals surface area contributed by atoms with Crippen molar-refractivity contribution < 1.29 is 23.4 Å². The van der Waals surface area contributed by atoms with Gasteiger partial charge >= 0.3 is 12.3 Å². The highest BCUT2D eigenvalue weighted by atomic mass is 19.3. The third kappa shape index (κ3) is 4.69. The third-order valence-corrected chi connectivity index (χ3v) is 3.23. The van der Waals surface area contributed by atoms with Crippen LogP contribution in [-0.4, -0.2) is 22.2 Å². The Morgan fingerprint density at radius 3 is 2.31 bits per heavy atom. The molecule has 0 atom stereocenters. The van der Waals surface area contributed by atoms with Crippen LogP contribution in [0.3, 0.4) is 0 Å². The Labute approximate surface area is 145 Å². The van der Waals surface area contributed by atoms with E-state index in [9.17, 15) is 29.0 Å². The predicted molar refractivity (Wildman–Crippen MR) is 88.7 cm³/mol. The maximum atomic E-state index is 12.1. The molecule has 2 rings (SSSR count). The molecular formula is C15H12F2N4O5. The predicted octanol–water partition coefficient (Wildman–Crippen LogP) is 3.94. The third-order valence-electron chi connectivity index (χ3n) is 3.23. The summed E-state index contributed by atoms with van der Waals surface area (Å²) < 4.78 is 28.5. The molecule has 0 heterocycles. The number of non-ortho nitro benzene ring substituents is 1. The molecular weight excluding hydrogens is 354 g/mol. The van der Waals surface area contributed by atoms with Crippen LogP contribution in [0.2, 0.25) is 0 Å². The van der Waals surface area contributed by atoms with Gasteiger partial charge in [0.1, 0.15) is 11.4 Å². The van der Waals surface area contributed by atoms with Crippen LogP contribution in [0, 0.1) is 20.2 Å². The molecule has 26 heavy (non-hydrogen) atoms. The van der Waals surface area contributed by atoms with Gasteiger partial charge in [0.25, 0.3) is 5.69 Å². The normalized spacial score (nSPS) is 11.3. The van der Waals surface area contributed by atoms with E-state index in [1.54, 1.807) is 6.92 Å². The van der Waals surface area contributed by atoms with Gasteiger partial charge in [-0.1, -0.05) is 0 Å². The summed E-state index contributed by atoms with van der Waals surface area (Å²) in [6.07, 6.45) is 0. The summed E-state index contributed by atoms with van der Waals surface area (Å²) in [6.45, 7) is -1.34. The Balaban J connectivity index is 2.20. The van der Waals surface area contributed by atoms with Crippen LogP contribution >= 0.6 is 0 Å². The van der Waals surface area contributed by atoms with Crippen molar-refractivity contribution in [2.45, 2.75) is 13.5 Å². The second-order valence-electron chi connectivity index (χ2n) is 4.93. The quantitative estimate of drug-likeness (QED) is 0.450. The van der Waals surface area contributed by atoms with E-state index in [4.69, 9.17) is 0 Å². The van der Waals surface area contributed by atoms with Crippen LogP contribution in [0.15, 0.2) is 47.6 Å². The van der Waals surface area contributed by atoms with Gasteiger partial charge in [-0.15, -0.1) is 0 Å². The summed E-state index contributed by atoms with van der Waals surface area (Å²) in [5.41, 5.74) is 2.49. The Hall–Kier alpha value is -3.63. The van der Waals surface area contributed by atoms with Gasteiger partial charge < -0.3 is 4.74 Å². The Morgan fingerprint density at radius 2 is 1.77 bits per heavy atom. The molecule has 0 fully saturated rings. The molecule has 136 valence electrons. The first kappa shape index (κ1) is 18.7. The van der Waals surface area contributed by atoms with Crippen molar-refractivity contribution in [1.29, 1.82) is 0 Å². The molecule has 0 aromatic heterocycles. The summed E-state index contributed by atoms with van der Waals surface area (Å²) in [7, 11) is 0. The van der Waals surface area contributed by atoms with Crippen molar-refractivity contribution in [2.24, 2.45) is 5.10 Å². The SMILES string of the molecule is C/C(=N/Nc1ccc([N+](=O)[O-])cc1[N+](=O)[O-])c1ccc(OC(F)F)cc1. The smallest absolute Gasteiger partial charge is 0.387 e. The summed E-state index contributed by atoms with van der Waals surface area (Å²) in [5.74, 6) is -0.0180. The molecule has 9 nitrogen and oxygen atoms in total. The number of hydrogen-bond acceptors (Lipinski definition) is 7. The van der Waals surface area contributed by atoms with Crippen molar-refractivity contribution in [2.75, 3.05) is 5.43 Å². The fourth-order valence-electron chi connectivity index (χ4n) is 1.97. The minimum absolute atomic E-state index is 0.0180. The number of benzene rings is 2. The van der Waals surface area contributed by atoms with E-state index in [0.717, 1.165) is 12.1 Å². The van der Waals surface area contributed by atoms with Gasteiger partial charge in [0.2, 0.25) is 0 Å². The van der Waals surface area contributed by atoms with Crippen LogP contribution < -0.4 is 10.2 Å². The van der Waals surface area contributed by atoms with E-state index in [1.807, 2.05) is 0 Å². The minimum atomic E-state index is -2.93. The number of alkyl halides is 2. The lowest BCUT2D eigenvalue weighted by atomic mass is 10.1. The zero-order chi connectivity index (χ0) is 19.3. The topological polar surface area (TPSA) is 120 Å². The molecule has 2 aromatic rings. The van der Waals surface area contributed by atoms with E-state index >= 15 is 0 Å². The lowest BCUT2D eigenvalue weighted by Gasteiger charge is -2.07. The molecule has 0 radical (unpaired) electrons. The van der Waals surface area contributed by atoms with Crippen LogP contribution in [0.4, 0.5) is 25.8 Å². The van der Waals surface area contributed by atoms with E-state index < -0.39 is 27.8 Å². The summed E-state index contributed by atoms with van der Waals surface area (Å²) in [6, 6.07) is 8.74. The number of rotatable bonds is 7. The number of hydrazone groups is 1. The molecule has 0 saturated carbocycles. The molecule has 0 spiro atoms. The molecule has 0 aliphatic rings. The number of halogens is 2. The first-order valence-electron chi connectivity index (χ1n) is 7.06. The molecule has 0 aliphatic heterocycles. The van der Waals surface area contributed by atoms with Crippen molar-refractivity contribution >= 4 is 22.8 Å². The number of nitro groups is 2. The summed E-state index contributed by atoms with van der Waals surface area (Å²) in [4.78, 5) is 20.3. The van der Waals surface area contributed by atoms with Gasteiger partial charge in [0.15, 0.2) is 0 Å². The molecule has 0 saturated heterocycles. The largest absolute Gasteiger partial charge is 0.435 e. The monoisotopic (exact) mass is 366 g/mol. The average molecular weight is 366 g/mol. The standard InChI is InChI=1S/C15H12F2N4O5/c1-9(10-2-5-12(6-3-10)26-15(16)17)18-19-13-7-4-11(20(22)23)8-14(13)21(24)25/h2-8,15,19H,1H3/b18-9-. The number of hydrogen-bond donors (Lipinski definition) is 1. The van der Waals surface area contributed by atoms with Gasteiger partial charge in [-0.3, -0.25) is 25.7 Å². The number of nitrogens with one attached hydrogen (secondary N) is 1. The fraction of sp³-hybridized carbons (Fsp3) is 0.133. The van der Waals surface area contributed by atoms with E-state index in [2.05, 4.69) is 15.3 Å². The highest BCUT2D eigenvalue weighted by molar-refractivity contribution is 5.99. The lowest BCUT2D eigenvalue weighted by molar-refractivity contribution is -0.393. The van der Waals surface area contributed by atoms with Gasteiger partial charge in [-0.25, -0.2) is 0 Å². The second kappa shape index (κ2) is 7.96. The number of anilines is 1. The molecule has 0 unspecified atom stereocenters. The van der Waals surface area contributed by atoms with Crippen molar-refractivity contribution in [3.63, 3.8) is 0 Å². The molecule has 0 amide bonds. The molecule has 11 heteroatoms. The molecule has 2 aromatic carbocycles. The number of nitro benzene ring substituents is 2. The second-order valence-corrected chi connectivity index (χ2v) is 4.93. The highest BCUT2D eigenvalue weighted by Gasteiger charge is 2.19. The van der Waals surface area contributed by atoms with E-state index in [-0.39, 0.29) is 11.4 Å². The van der Waals surface area contributed by atoms with Gasteiger partial charge in [-0.2, -0.15) is 13.9 Å². The molecule has 0 bridgehead atoms. The van der Waals surface area contributed by atoms with Crippen LogP contribution in [0.25, 0.3) is 0 Å². The highest BCUT2D eigenvalue weighted by Crippen LogP contribution is 2.29. The average Bonchev–Trinajstić information content (AvgIpc) is 2.59. The lowest BCUT2D eigenvalue weighted by Crippen LogP contribution is -2.04. The minimum Gasteiger partial charge on any atom is -0.435 e. The first-order valence-corrected chi connectivity index (χ1v) is 7.06.